The van der Waals surface area contributed by atoms with Crippen molar-refractivity contribution in [3.8, 4) is 0 Å². The summed E-state index contributed by atoms with van der Waals surface area (Å²) < 4.78 is 0. The van der Waals surface area contributed by atoms with Crippen molar-refractivity contribution in [2.45, 2.75) is 6.92 Å². The first-order valence-electron chi connectivity index (χ1n) is 4.78. The van der Waals surface area contributed by atoms with Crippen LogP contribution in [0.1, 0.15) is 15.9 Å². The normalized spacial score (nSPS) is 9.12. The molecule has 88 valence electrons. The Balaban J connectivity index is 0.00000225. The SMILES string of the molecule is C=CCN(C)C(=O)c1cc(N)ccc1C.Cl. The maximum atomic E-state index is 11.9. The summed E-state index contributed by atoms with van der Waals surface area (Å²) in [5.41, 5.74) is 7.84. The molecule has 1 rings (SSSR count). The molecular weight excluding hydrogens is 224 g/mol. The zero-order chi connectivity index (χ0) is 11.4. The molecule has 0 aliphatic carbocycles. The second-order valence-corrected chi connectivity index (χ2v) is 3.55. The lowest BCUT2D eigenvalue weighted by atomic mass is 10.1. The molecule has 0 aliphatic rings. The van der Waals surface area contributed by atoms with Gasteiger partial charge in [-0.2, -0.15) is 0 Å². The minimum absolute atomic E-state index is 0. The summed E-state index contributed by atoms with van der Waals surface area (Å²) in [7, 11) is 1.74. The van der Waals surface area contributed by atoms with Gasteiger partial charge in [-0.05, 0) is 24.6 Å². The first-order chi connectivity index (χ1) is 7.06. The number of anilines is 1. The van der Waals surface area contributed by atoms with E-state index in [9.17, 15) is 4.79 Å². The van der Waals surface area contributed by atoms with Gasteiger partial charge in [0.05, 0.1) is 0 Å². The summed E-state index contributed by atoms with van der Waals surface area (Å²) in [6, 6.07) is 5.35. The van der Waals surface area contributed by atoms with Crippen molar-refractivity contribution >= 4 is 24.0 Å². The van der Waals surface area contributed by atoms with Crippen LogP contribution in [0.5, 0.6) is 0 Å². The zero-order valence-electron chi connectivity index (χ0n) is 9.56. The van der Waals surface area contributed by atoms with Gasteiger partial charge >= 0.3 is 0 Å². The molecule has 0 heterocycles. The van der Waals surface area contributed by atoms with Crippen LogP contribution in [0.3, 0.4) is 0 Å². The molecular formula is C12H17ClN2O. The van der Waals surface area contributed by atoms with Gasteiger partial charge in [0.25, 0.3) is 5.91 Å². The fourth-order valence-electron chi connectivity index (χ4n) is 1.35. The number of aryl methyl sites for hydroxylation is 1. The molecule has 0 unspecified atom stereocenters. The second kappa shape index (κ2) is 6.18. The molecule has 0 aromatic heterocycles. The number of rotatable bonds is 3. The van der Waals surface area contributed by atoms with Gasteiger partial charge in [-0.15, -0.1) is 19.0 Å². The van der Waals surface area contributed by atoms with Crippen LogP contribution >= 0.6 is 12.4 Å². The van der Waals surface area contributed by atoms with Crippen molar-refractivity contribution < 1.29 is 4.79 Å². The first-order valence-corrected chi connectivity index (χ1v) is 4.78. The van der Waals surface area contributed by atoms with Crippen molar-refractivity contribution in [1.29, 1.82) is 0 Å². The largest absolute Gasteiger partial charge is 0.399 e. The Morgan fingerprint density at radius 3 is 2.75 bits per heavy atom. The van der Waals surface area contributed by atoms with Crippen molar-refractivity contribution in [1.82, 2.24) is 4.90 Å². The zero-order valence-corrected chi connectivity index (χ0v) is 10.4. The van der Waals surface area contributed by atoms with Gasteiger partial charge in [0, 0.05) is 24.8 Å². The number of hydrogen-bond acceptors (Lipinski definition) is 2. The molecule has 0 saturated heterocycles. The number of carbonyl (C=O) groups excluding carboxylic acids is 1. The number of halogens is 1. The standard InChI is InChI=1S/C12H16N2O.ClH/c1-4-7-14(3)12(15)11-8-10(13)6-5-9(11)2;/h4-6,8H,1,7,13H2,2-3H3;1H. The summed E-state index contributed by atoms with van der Waals surface area (Å²) in [6.07, 6.45) is 1.69. The van der Waals surface area contributed by atoms with E-state index in [4.69, 9.17) is 5.73 Å². The number of nitrogens with two attached hydrogens (primary N) is 1. The highest BCUT2D eigenvalue weighted by molar-refractivity contribution is 5.96. The number of amides is 1. The molecule has 1 aromatic rings. The summed E-state index contributed by atoms with van der Waals surface area (Å²) in [6.45, 7) is 6.03. The second-order valence-electron chi connectivity index (χ2n) is 3.55. The van der Waals surface area contributed by atoms with Crippen molar-refractivity contribution in [3.63, 3.8) is 0 Å². The average molecular weight is 241 g/mol. The lowest BCUT2D eigenvalue weighted by Crippen LogP contribution is -2.27. The van der Waals surface area contributed by atoms with Gasteiger partial charge in [-0.1, -0.05) is 12.1 Å². The van der Waals surface area contributed by atoms with E-state index < -0.39 is 0 Å². The van der Waals surface area contributed by atoms with Crippen LogP contribution in [0.4, 0.5) is 5.69 Å². The van der Waals surface area contributed by atoms with Gasteiger partial charge in [0.1, 0.15) is 0 Å². The quantitative estimate of drug-likeness (QED) is 0.651. The van der Waals surface area contributed by atoms with Crippen LogP contribution in [-0.4, -0.2) is 24.4 Å². The molecule has 0 aliphatic heterocycles. The Morgan fingerprint density at radius 2 is 2.19 bits per heavy atom. The maximum Gasteiger partial charge on any atom is 0.254 e. The van der Waals surface area contributed by atoms with Gasteiger partial charge in [0.15, 0.2) is 0 Å². The smallest absolute Gasteiger partial charge is 0.254 e. The van der Waals surface area contributed by atoms with Crippen LogP contribution < -0.4 is 5.73 Å². The van der Waals surface area contributed by atoms with E-state index in [1.807, 2.05) is 13.0 Å². The van der Waals surface area contributed by atoms with Crippen molar-refractivity contribution in [2.75, 3.05) is 19.3 Å². The summed E-state index contributed by atoms with van der Waals surface area (Å²) >= 11 is 0. The first kappa shape index (κ1) is 14.5. The molecule has 0 atom stereocenters. The molecule has 0 radical (unpaired) electrons. The third-order valence-corrected chi connectivity index (χ3v) is 2.24. The highest BCUT2D eigenvalue weighted by atomic mass is 35.5. The number of hydrogen-bond donors (Lipinski definition) is 1. The number of carbonyl (C=O) groups is 1. The molecule has 3 nitrogen and oxygen atoms in total. The Bertz CT molecular complexity index is 391. The monoisotopic (exact) mass is 240 g/mol. The van der Waals surface area contributed by atoms with E-state index >= 15 is 0 Å². The summed E-state index contributed by atoms with van der Waals surface area (Å²) in [5.74, 6) is -0.0281. The van der Waals surface area contributed by atoms with E-state index in [1.54, 1.807) is 30.2 Å². The third kappa shape index (κ3) is 3.28. The lowest BCUT2D eigenvalue weighted by Gasteiger charge is -2.16. The van der Waals surface area contributed by atoms with E-state index in [0.717, 1.165) is 5.56 Å². The van der Waals surface area contributed by atoms with Crippen molar-refractivity contribution in [3.05, 3.63) is 42.0 Å². The third-order valence-electron chi connectivity index (χ3n) is 2.24. The van der Waals surface area contributed by atoms with Crippen LogP contribution in [0, 0.1) is 6.92 Å². The van der Waals surface area contributed by atoms with E-state index in [2.05, 4.69) is 6.58 Å². The topological polar surface area (TPSA) is 46.3 Å². The van der Waals surface area contributed by atoms with E-state index in [-0.39, 0.29) is 18.3 Å². The van der Waals surface area contributed by atoms with Crippen LogP contribution in [0.2, 0.25) is 0 Å². The minimum atomic E-state index is -0.0281. The Hall–Kier alpha value is -1.48. The molecule has 0 spiro atoms. The molecule has 0 fully saturated rings. The molecule has 0 bridgehead atoms. The Kier molecular flexibility index (Phi) is 5.61. The molecule has 2 N–H and O–H groups in total. The number of nitrogen functional groups attached to an aromatic ring is 1. The van der Waals surface area contributed by atoms with E-state index in [1.165, 1.54) is 0 Å². The van der Waals surface area contributed by atoms with Crippen LogP contribution in [-0.2, 0) is 0 Å². The molecule has 1 aromatic carbocycles. The fraction of sp³-hybridized carbons (Fsp3) is 0.250. The highest BCUT2D eigenvalue weighted by Gasteiger charge is 2.12. The summed E-state index contributed by atoms with van der Waals surface area (Å²) in [4.78, 5) is 13.5. The predicted octanol–water partition coefficient (Wildman–Crippen LogP) is 2.26. The molecule has 16 heavy (non-hydrogen) atoms. The van der Waals surface area contributed by atoms with Gasteiger partial charge in [-0.3, -0.25) is 4.79 Å². The molecule has 0 saturated carbocycles. The van der Waals surface area contributed by atoms with E-state index in [0.29, 0.717) is 17.8 Å². The lowest BCUT2D eigenvalue weighted by molar-refractivity contribution is 0.0809. The van der Waals surface area contributed by atoms with Crippen molar-refractivity contribution in [2.24, 2.45) is 0 Å². The highest BCUT2D eigenvalue weighted by Crippen LogP contribution is 2.14. The number of nitrogens with zero attached hydrogens (tertiary/aromatic N) is 1. The minimum Gasteiger partial charge on any atom is -0.399 e. The van der Waals surface area contributed by atoms with Gasteiger partial charge in [0.2, 0.25) is 0 Å². The Labute approximate surface area is 102 Å². The summed E-state index contributed by atoms with van der Waals surface area (Å²) in [5, 5.41) is 0. The molecule has 4 heteroatoms. The predicted molar refractivity (Wildman–Crippen MR) is 70.0 cm³/mol. The maximum absolute atomic E-state index is 11.9. The average Bonchev–Trinajstić information content (AvgIpc) is 2.21. The van der Waals surface area contributed by atoms with Gasteiger partial charge in [-0.25, -0.2) is 0 Å². The fourth-order valence-corrected chi connectivity index (χ4v) is 1.35. The Morgan fingerprint density at radius 1 is 1.56 bits per heavy atom. The number of likely N-dealkylation sites (N-methyl/N-ethyl adjacent to an activating group) is 1. The van der Waals surface area contributed by atoms with Crippen LogP contribution in [0.15, 0.2) is 30.9 Å². The number of benzene rings is 1. The van der Waals surface area contributed by atoms with Crippen LogP contribution in [0.25, 0.3) is 0 Å². The molecule has 1 amide bonds. The van der Waals surface area contributed by atoms with Gasteiger partial charge < -0.3 is 10.6 Å².